The Kier molecular flexibility index (Phi) is 4.02. The van der Waals surface area contributed by atoms with Gasteiger partial charge in [-0.1, -0.05) is 12.1 Å². The minimum Gasteiger partial charge on any atom is -0.481 e. The number of hydrogen-bond donors (Lipinski definition) is 1. The number of benzene rings is 2. The van der Waals surface area contributed by atoms with Gasteiger partial charge in [0.2, 0.25) is 0 Å². The van der Waals surface area contributed by atoms with Crippen LogP contribution in [0.25, 0.3) is 10.9 Å². The van der Waals surface area contributed by atoms with Gasteiger partial charge in [0, 0.05) is 12.4 Å². The summed E-state index contributed by atoms with van der Waals surface area (Å²) in [6.07, 6.45) is 2.73. The molecule has 140 valence electrons. The summed E-state index contributed by atoms with van der Waals surface area (Å²) >= 11 is 0. The zero-order valence-corrected chi connectivity index (χ0v) is 15.2. The van der Waals surface area contributed by atoms with E-state index in [0.717, 1.165) is 5.52 Å². The van der Waals surface area contributed by atoms with Crippen LogP contribution in [0.15, 0.2) is 36.5 Å². The average Bonchev–Trinajstić information content (AvgIpc) is 3.22. The predicted octanol–water partition coefficient (Wildman–Crippen LogP) is 4.45. The zero-order chi connectivity index (χ0) is 19.3. The molecule has 4 rings (SSSR count). The minimum absolute atomic E-state index is 0.243. The zero-order valence-electron chi connectivity index (χ0n) is 15.2. The summed E-state index contributed by atoms with van der Waals surface area (Å²) < 4.78 is 30.5. The molecular weight excluding hydrogens is 350 g/mol. The molecule has 6 heteroatoms. The Morgan fingerprint density at radius 3 is 2.81 bits per heavy atom. The summed E-state index contributed by atoms with van der Waals surface area (Å²) in [6.45, 7) is 1.60. The van der Waals surface area contributed by atoms with Crippen LogP contribution in [-0.2, 0) is 17.3 Å². The highest BCUT2D eigenvalue weighted by atomic mass is 19.1. The van der Waals surface area contributed by atoms with Gasteiger partial charge in [-0.3, -0.25) is 9.48 Å². The van der Waals surface area contributed by atoms with Gasteiger partial charge in [-0.15, -0.1) is 0 Å². The number of carboxylic acids is 1. The van der Waals surface area contributed by atoms with Crippen molar-refractivity contribution in [3.05, 3.63) is 64.9 Å². The van der Waals surface area contributed by atoms with Crippen LogP contribution in [0.3, 0.4) is 0 Å². The third kappa shape index (κ3) is 2.62. The van der Waals surface area contributed by atoms with Gasteiger partial charge >= 0.3 is 5.97 Å². The van der Waals surface area contributed by atoms with Gasteiger partial charge in [0.1, 0.15) is 11.6 Å². The lowest BCUT2D eigenvalue weighted by molar-refractivity contribution is -0.143. The summed E-state index contributed by atoms with van der Waals surface area (Å²) in [7, 11) is 1.79. The van der Waals surface area contributed by atoms with Crippen LogP contribution in [0.1, 0.15) is 41.9 Å². The van der Waals surface area contributed by atoms with Crippen molar-refractivity contribution >= 4 is 16.9 Å². The van der Waals surface area contributed by atoms with Crippen molar-refractivity contribution in [1.82, 2.24) is 9.78 Å². The number of hydrogen-bond acceptors (Lipinski definition) is 2. The molecule has 0 aliphatic heterocycles. The first-order valence-electron chi connectivity index (χ1n) is 8.93. The molecule has 1 fully saturated rings. The normalized spacial score (nSPS) is 22.4. The van der Waals surface area contributed by atoms with Gasteiger partial charge in [-0.25, -0.2) is 8.78 Å². The fourth-order valence-corrected chi connectivity index (χ4v) is 4.49. The summed E-state index contributed by atoms with van der Waals surface area (Å²) in [5.41, 5.74) is 0.942. The van der Waals surface area contributed by atoms with Crippen LogP contribution in [0.4, 0.5) is 8.78 Å². The Morgan fingerprint density at radius 2 is 2.07 bits per heavy atom. The topological polar surface area (TPSA) is 55.1 Å². The highest BCUT2D eigenvalue weighted by molar-refractivity contribution is 5.83. The maximum Gasteiger partial charge on any atom is 0.314 e. The molecule has 1 aliphatic carbocycles. The molecular formula is C21H20F2N2O2. The number of halogens is 2. The molecule has 1 aliphatic rings. The highest BCUT2D eigenvalue weighted by Gasteiger charge is 2.48. The third-order valence-corrected chi connectivity index (χ3v) is 6.01. The van der Waals surface area contributed by atoms with Gasteiger partial charge in [0.15, 0.2) is 0 Å². The Balaban J connectivity index is 1.79. The molecule has 4 nitrogen and oxygen atoms in total. The summed E-state index contributed by atoms with van der Waals surface area (Å²) in [4.78, 5) is 12.2. The molecule has 27 heavy (non-hydrogen) atoms. The largest absolute Gasteiger partial charge is 0.481 e. The van der Waals surface area contributed by atoms with E-state index >= 15 is 0 Å². The van der Waals surface area contributed by atoms with Crippen LogP contribution in [-0.4, -0.2) is 20.9 Å². The standard InChI is InChI=1S/C21H20F2N2O2/c1-12-16(4-3-5-17(12)22)21(20(26)27)7-6-13(10-21)15-9-19-14(8-18(15)23)11-24-25(19)2/h3-5,8-9,11,13H,6-7,10H2,1-2H3,(H,26,27)/t13-,21+/m1/s1. The van der Waals surface area contributed by atoms with Crippen molar-refractivity contribution < 1.29 is 18.7 Å². The molecule has 0 bridgehead atoms. The molecule has 2 aromatic carbocycles. The monoisotopic (exact) mass is 370 g/mol. The predicted molar refractivity (Wildman–Crippen MR) is 97.7 cm³/mol. The second kappa shape index (κ2) is 6.15. The lowest BCUT2D eigenvalue weighted by atomic mass is 9.75. The van der Waals surface area contributed by atoms with Gasteiger partial charge in [-0.05, 0) is 67.0 Å². The summed E-state index contributed by atoms with van der Waals surface area (Å²) in [5, 5.41) is 14.9. The lowest BCUT2D eigenvalue weighted by Crippen LogP contribution is -2.34. The van der Waals surface area contributed by atoms with Gasteiger partial charge in [-0.2, -0.15) is 5.10 Å². The quantitative estimate of drug-likeness (QED) is 0.741. The van der Waals surface area contributed by atoms with E-state index in [-0.39, 0.29) is 18.2 Å². The lowest BCUT2D eigenvalue weighted by Gasteiger charge is -2.27. The van der Waals surface area contributed by atoms with Crippen LogP contribution >= 0.6 is 0 Å². The van der Waals surface area contributed by atoms with E-state index in [1.807, 2.05) is 0 Å². The molecule has 1 saturated carbocycles. The highest BCUT2D eigenvalue weighted by Crippen LogP contribution is 2.50. The van der Waals surface area contributed by atoms with Crippen LogP contribution in [0.2, 0.25) is 0 Å². The van der Waals surface area contributed by atoms with Crippen LogP contribution in [0.5, 0.6) is 0 Å². The number of aliphatic carboxylic acids is 1. The van der Waals surface area contributed by atoms with Gasteiger partial charge < -0.3 is 5.11 Å². The Labute approximate surface area is 155 Å². The number of aryl methyl sites for hydroxylation is 1. The molecule has 1 aromatic heterocycles. The minimum atomic E-state index is -1.20. The van der Waals surface area contributed by atoms with E-state index in [1.54, 1.807) is 37.0 Å². The number of carbonyl (C=O) groups is 1. The molecule has 1 heterocycles. The first kappa shape index (κ1) is 17.6. The fraction of sp³-hybridized carbons (Fsp3) is 0.333. The van der Waals surface area contributed by atoms with Crippen molar-refractivity contribution in [2.45, 2.75) is 37.5 Å². The summed E-state index contributed by atoms with van der Waals surface area (Å²) in [6, 6.07) is 7.76. The second-order valence-electron chi connectivity index (χ2n) is 7.44. The van der Waals surface area contributed by atoms with Crippen molar-refractivity contribution in [2.24, 2.45) is 7.05 Å². The maximum atomic E-state index is 14.7. The Morgan fingerprint density at radius 1 is 1.30 bits per heavy atom. The van der Waals surface area contributed by atoms with E-state index < -0.39 is 17.2 Å². The molecule has 3 aromatic rings. The second-order valence-corrected chi connectivity index (χ2v) is 7.44. The van der Waals surface area contributed by atoms with Gasteiger partial charge in [0.05, 0.1) is 17.1 Å². The van der Waals surface area contributed by atoms with E-state index in [1.165, 1.54) is 18.2 Å². The molecule has 0 amide bonds. The van der Waals surface area contributed by atoms with E-state index in [4.69, 9.17) is 0 Å². The summed E-state index contributed by atoms with van der Waals surface area (Å²) in [5.74, 6) is -2.00. The SMILES string of the molecule is Cc1c(F)cccc1[C@]1(C(=O)O)CC[C@@H](c2cc3c(cnn3C)cc2F)C1. The smallest absolute Gasteiger partial charge is 0.314 e. The molecule has 0 radical (unpaired) electrons. The Bertz CT molecular complexity index is 1060. The third-order valence-electron chi connectivity index (χ3n) is 6.01. The van der Waals surface area contributed by atoms with Crippen molar-refractivity contribution in [3.8, 4) is 0 Å². The first-order chi connectivity index (χ1) is 12.8. The molecule has 0 unspecified atom stereocenters. The number of rotatable bonds is 3. The maximum absolute atomic E-state index is 14.7. The van der Waals surface area contributed by atoms with E-state index in [2.05, 4.69) is 5.10 Å². The molecule has 2 atom stereocenters. The molecule has 0 spiro atoms. The molecule has 0 saturated heterocycles. The number of carboxylic acid groups (broad SMARTS) is 1. The van der Waals surface area contributed by atoms with Gasteiger partial charge in [0.25, 0.3) is 0 Å². The first-order valence-corrected chi connectivity index (χ1v) is 8.93. The molecule has 1 N–H and O–H groups in total. The fourth-order valence-electron chi connectivity index (χ4n) is 4.49. The van der Waals surface area contributed by atoms with Crippen LogP contribution < -0.4 is 0 Å². The van der Waals surface area contributed by atoms with E-state index in [9.17, 15) is 18.7 Å². The van der Waals surface area contributed by atoms with Crippen molar-refractivity contribution in [2.75, 3.05) is 0 Å². The van der Waals surface area contributed by atoms with Crippen molar-refractivity contribution in [1.29, 1.82) is 0 Å². The average molecular weight is 370 g/mol. The number of fused-ring (bicyclic) bond motifs is 1. The van der Waals surface area contributed by atoms with E-state index in [0.29, 0.717) is 34.9 Å². The van der Waals surface area contributed by atoms with Crippen LogP contribution in [0, 0.1) is 18.6 Å². The van der Waals surface area contributed by atoms with Crippen molar-refractivity contribution in [3.63, 3.8) is 0 Å². The number of aromatic nitrogens is 2. The Hall–Kier alpha value is -2.76. The number of nitrogens with zero attached hydrogens (tertiary/aromatic N) is 2.